The maximum absolute atomic E-state index is 12.5. The molecule has 0 unspecified atom stereocenters. The lowest BCUT2D eigenvalue weighted by Crippen LogP contribution is -2.48. The molecule has 146 valence electrons. The van der Waals surface area contributed by atoms with E-state index in [2.05, 4.69) is 34.0 Å². The van der Waals surface area contributed by atoms with Crippen LogP contribution in [0.5, 0.6) is 0 Å². The molecule has 2 heterocycles. The van der Waals surface area contributed by atoms with Crippen molar-refractivity contribution >= 4 is 17.7 Å². The number of ether oxygens (including phenoxy) is 1. The van der Waals surface area contributed by atoms with Crippen LogP contribution in [0.25, 0.3) is 0 Å². The molecular weight excluding hydrogens is 330 g/mol. The smallest absolute Gasteiger partial charge is 0.410 e. The van der Waals surface area contributed by atoms with Crippen LogP contribution in [0.3, 0.4) is 0 Å². The number of amides is 1. The summed E-state index contributed by atoms with van der Waals surface area (Å²) >= 11 is 0. The Morgan fingerprint density at radius 2 is 2.04 bits per heavy atom. The van der Waals surface area contributed by atoms with E-state index in [-0.39, 0.29) is 12.1 Å². The van der Waals surface area contributed by atoms with E-state index in [0.717, 1.165) is 50.5 Å². The average molecular weight is 364 g/mol. The van der Waals surface area contributed by atoms with Gasteiger partial charge in [-0.3, -0.25) is 0 Å². The third-order valence-electron chi connectivity index (χ3n) is 4.51. The van der Waals surface area contributed by atoms with Gasteiger partial charge in [0.15, 0.2) is 0 Å². The van der Waals surface area contributed by atoms with Crippen LogP contribution in [0, 0.1) is 0 Å². The monoisotopic (exact) mass is 363 g/mol. The molecule has 1 aliphatic heterocycles. The fraction of sp³-hybridized carbons (Fsp3) is 0.737. The molecule has 0 aliphatic carbocycles. The largest absolute Gasteiger partial charge is 0.444 e. The molecule has 1 amide bonds. The number of carbonyl (C=O) groups is 1. The van der Waals surface area contributed by atoms with Gasteiger partial charge in [-0.2, -0.15) is 0 Å². The van der Waals surface area contributed by atoms with E-state index < -0.39 is 5.60 Å². The molecule has 1 saturated heterocycles. The third-order valence-corrected chi connectivity index (χ3v) is 4.51. The lowest BCUT2D eigenvalue weighted by Gasteiger charge is -2.36. The Morgan fingerprint density at radius 1 is 1.31 bits per heavy atom. The summed E-state index contributed by atoms with van der Waals surface area (Å²) in [4.78, 5) is 25.2. The second-order valence-electron chi connectivity index (χ2n) is 7.64. The second-order valence-corrected chi connectivity index (χ2v) is 7.64. The van der Waals surface area contributed by atoms with Crippen LogP contribution in [-0.4, -0.2) is 58.8 Å². The van der Waals surface area contributed by atoms with Crippen molar-refractivity contribution in [3.63, 3.8) is 0 Å². The van der Waals surface area contributed by atoms with Gasteiger partial charge in [0.25, 0.3) is 0 Å². The molecule has 26 heavy (non-hydrogen) atoms. The lowest BCUT2D eigenvalue weighted by atomic mass is 10.0. The molecule has 2 rings (SSSR count). The van der Waals surface area contributed by atoms with Gasteiger partial charge in [0.2, 0.25) is 0 Å². The minimum absolute atomic E-state index is 0.116. The van der Waals surface area contributed by atoms with E-state index in [1.54, 1.807) is 6.33 Å². The number of likely N-dealkylation sites (tertiary alicyclic amines) is 1. The van der Waals surface area contributed by atoms with Gasteiger partial charge in [0.1, 0.15) is 23.6 Å². The Hall–Kier alpha value is -2.05. The number of nitrogens with zero attached hydrogens (tertiary/aromatic N) is 4. The van der Waals surface area contributed by atoms with E-state index in [4.69, 9.17) is 4.74 Å². The van der Waals surface area contributed by atoms with Crippen molar-refractivity contribution < 1.29 is 9.53 Å². The highest BCUT2D eigenvalue weighted by Gasteiger charge is 2.30. The van der Waals surface area contributed by atoms with Crippen molar-refractivity contribution in [3.8, 4) is 0 Å². The van der Waals surface area contributed by atoms with E-state index >= 15 is 0 Å². The normalized spacial score (nSPS) is 17.7. The molecule has 1 fully saturated rings. The Labute approximate surface area is 157 Å². The molecular formula is C19H33N5O2. The first-order valence-electron chi connectivity index (χ1n) is 9.64. The summed E-state index contributed by atoms with van der Waals surface area (Å²) in [6.07, 6.45) is 4.48. The highest BCUT2D eigenvalue weighted by molar-refractivity contribution is 5.68. The summed E-state index contributed by atoms with van der Waals surface area (Å²) in [6.45, 7) is 13.1. The predicted molar refractivity (Wildman–Crippen MR) is 105 cm³/mol. The maximum Gasteiger partial charge on any atom is 0.410 e. The van der Waals surface area contributed by atoms with Crippen LogP contribution in [0.1, 0.15) is 53.9 Å². The van der Waals surface area contributed by atoms with Crippen LogP contribution >= 0.6 is 0 Å². The Kier molecular flexibility index (Phi) is 7.06. The first-order valence-corrected chi connectivity index (χ1v) is 9.64. The number of piperidine rings is 1. The van der Waals surface area contributed by atoms with E-state index in [1.165, 1.54) is 0 Å². The predicted octanol–water partition coefficient (Wildman–Crippen LogP) is 3.52. The van der Waals surface area contributed by atoms with Crippen molar-refractivity contribution in [2.45, 2.75) is 65.5 Å². The number of aromatic nitrogens is 2. The minimum Gasteiger partial charge on any atom is -0.444 e. The highest BCUT2D eigenvalue weighted by atomic mass is 16.6. The zero-order chi connectivity index (χ0) is 19.2. The molecule has 0 radical (unpaired) electrons. The number of hydrogen-bond acceptors (Lipinski definition) is 6. The van der Waals surface area contributed by atoms with Gasteiger partial charge in [0, 0.05) is 32.2 Å². The molecule has 1 aromatic heterocycles. The van der Waals surface area contributed by atoms with Crippen molar-refractivity contribution in [1.29, 1.82) is 0 Å². The first-order chi connectivity index (χ1) is 12.3. The van der Waals surface area contributed by atoms with Crippen LogP contribution < -0.4 is 10.2 Å². The van der Waals surface area contributed by atoms with Crippen molar-refractivity contribution in [1.82, 2.24) is 14.9 Å². The summed E-state index contributed by atoms with van der Waals surface area (Å²) in [5, 5.41) is 3.38. The summed E-state index contributed by atoms with van der Waals surface area (Å²) in [7, 11) is 0. The average Bonchev–Trinajstić information content (AvgIpc) is 2.60. The molecule has 0 bridgehead atoms. The Bertz CT molecular complexity index is 584. The number of rotatable bonds is 6. The molecule has 1 atom stereocenters. The van der Waals surface area contributed by atoms with Crippen molar-refractivity contribution in [2.24, 2.45) is 0 Å². The summed E-state index contributed by atoms with van der Waals surface area (Å²) < 4.78 is 5.57. The molecule has 1 N–H and O–H groups in total. The van der Waals surface area contributed by atoms with Crippen molar-refractivity contribution in [3.05, 3.63) is 12.4 Å². The molecule has 7 heteroatoms. The minimum atomic E-state index is -0.474. The SMILES string of the molecule is CCN(CC)c1cc(NC[C@H]2CCCCN2C(=O)OC(C)(C)C)ncn1. The lowest BCUT2D eigenvalue weighted by molar-refractivity contribution is 0.0114. The van der Waals surface area contributed by atoms with E-state index in [1.807, 2.05) is 31.7 Å². The Morgan fingerprint density at radius 3 is 2.69 bits per heavy atom. The van der Waals surface area contributed by atoms with Gasteiger partial charge in [-0.15, -0.1) is 0 Å². The molecule has 0 saturated carbocycles. The van der Waals surface area contributed by atoms with Crippen LogP contribution in [0.4, 0.5) is 16.4 Å². The van der Waals surface area contributed by atoms with Gasteiger partial charge in [-0.05, 0) is 53.9 Å². The van der Waals surface area contributed by atoms with Crippen LogP contribution in [-0.2, 0) is 4.74 Å². The molecule has 7 nitrogen and oxygen atoms in total. The molecule has 0 aromatic carbocycles. The number of hydrogen-bond donors (Lipinski definition) is 1. The first kappa shape index (κ1) is 20.3. The number of carbonyl (C=O) groups excluding carboxylic acids is 1. The van der Waals surface area contributed by atoms with Crippen molar-refractivity contribution in [2.75, 3.05) is 36.4 Å². The molecule has 1 aromatic rings. The highest BCUT2D eigenvalue weighted by Crippen LogP contribution is 2.21. The van der Waals surface area contributed by atoms with Gasteiger partial charge in [-0.25, -0.2) is 14.8 Å². The van der Waals surface area contributed by atoms with Gasteiger partial charge < -0.3 is 19.9 Å². The summed E-state index contributed by atoms with van der Waals surface area (Å²) in [5.74, 6) is 1.71. The zero-order valence-electron chi connectivity index (χ0n) is 16.8. The number of anilines is 2. The quantitative estimate of drug-likeness (QED) is 0.834. The molecule has 0 spiro atoms. The summed E-state index contributed by atoms with van der Waals surface area (Å²) in [6, 6.07) is 2.08. The maximum atomic E-state index is 12.5. The van der Waals surface area contributed by atoms with Crippen LogP contribution in [0.15, 0.2) is 12.4 Å². The topological polar surface area (TPSA) is 70.6 Å². The zero-order valence-corrected chi connectivity index (χ0v) is 16.8. The van der Waals surface area contributed by atoms with Gasteiger partial charge in [0.05, 0.1) is 6.04 Å². The number of nitrogens with one attached hydrogen (secondary N) is 1. The van der Waals surface area contributed by atoms with E-state index in [0.29, 0.717) is 6.54 Å². The standard InChI is InChI=1S/C19H33N5O2/c1-6-23(7-2)17-12-16(21-14-22-17)20-13-15-10-8-9-11-24(15)18(25)26-19(3,4)5/h12,14-15H,6-11,13H2,1-5H3,(H,20,21,22)/t15-/m1/s1. The fourth-order valence-electron chi connectivity index (χ4n) is 3.16. The molecule has 1 aliphatic rings. The van der Waals surface area contributed by atoms with Crippen LogP contribution in [0.2, 0.25) is 0 Å². The van der Waals surface area contributed by atoms with Gasteiger partial charge >= 0.3 is 6.09 Å². The second kappa shape index (κ2) is 9.05. The third kappa shape index (κ3) is 5.75. The summed E-state index contributed by atoms with van der Waals surface area (Å²) in [5.41, 5.74) is -0.474. The fourth-order valence-corrected chi connectivity index (χ4v) is 3.16. The van der Waals surface area contributed by atoms with E-state index in [9.17, 15) is 4.79 Å². The Balaban J connectivity index is 2.00. The van der Waals surface area contributed by atoms with Gasteiger partial charge in [-0.1, -0.05) is 0 Å².